The van der Waals surface area contributed by atoms with Gasteiger partial charge < -0.3 is 4.74 Å². The number of Topliss-reactive ketones (excluding diaryl/α,β-unsaturated/α-hetero) is 1. The predicted molar refractivity (Wildman–Crippen MR) is 129 cm³/mol. The summed E-state index contributed by atoms with van der Waals surface area (Å²) in [6.45, 7) is -1.26. The molecule has 0 radical (unpaired) electrons. The monoisotopic (exact) mass is 496 g/mol. The number of carbonyl (C=O) groups excluding carboxylic acids is 4. The molecule has 2 atom stereocenters. The highest BCUT2D eigenvalue weighted by Crippen LogP contribution is 2.60. The van der Waals surface area contributed by atoms with Gasteiger partial charge in [-0.3, -0.25) is 34.2 Å². The molecule has 0 unspecified atom stereocenters. The Morgan fingerprint density at radius 3 is 1.81 bits per heavy atom. The predicted octanol–water partition coefficient (Wildman–Crippen LogP) is 3.21. The third-order valence-corrected chi connectivity index (χ3v) is 7.57. The number of rotatable bonds is 6. The van der Waals surface area contributed by atoms with Crippen molar-refractivity contribution in [2.75, 3.05) is 13.2 Å². The Bertz CT molecular complexity index is 1400. The van der Waals surface area contributed by atoms with Gasteiger partial charge in [0, 0.05) is 29.5 Å². The standard InChI is InChI=1S/C28H20N2O7/c31-21(15-6-5-7-16(12-15)30(35)36)14-37-22(32)13-29-27(33)25-23-17-8-1-2-9-18(17)24(26(25)28(29)34)20-11-4-3-10-19(20)23/h1-12,23-26H,13-14H2/t23?,24?,25-,26-/m1/s1. The van der Waals surface area contributed by atoms with Crippen molar-refractivity contribution >= 4 is 29.3 Å². The lowest BCUT2D eigenvalue weighted by Gasteiger charge is -2.45. The first-order chi connectivity index (χ1) is 17.9. The van der Waals surface area contributed by atoms with Crippen LogP contribution < -0.4 is 0 Å². The van der Waals surface area contributed by atoms with Crippen molar-refractivity contribution in [3.63, 3.8) is 0 Å². The van der Waals surface area contributed by atoms with Crippen molar-refractivity contribution in [3.8, 4) is 0 Å². The second-order valence-corrected chi connectivity index (χ2v) is 9.42. The molecule has 1 fully saturated rings. The molecule has 3 aromatic rings. The summed E-state index contributed by atoms with van der Waals surface area (Å²) in [5, 5.41) is 10.9. The zero-order chi connectivity index (χ0) is 25.8. The number of ether oxygens (including phenoxy) is 1. The molecule has 9 heteroatoms. The molecular weight excluding hydrogens is 476 g/mol. The first-order valence-electron chi connectivity index (χ1n) is 11.8. The van der Waals surface area contributed by atoms with E-state index in [1.165, 1.54) is 18.2 Å². The Morgan fingerprint density at radius 1 is 0.811 bits per heavy atom. The van der Waals surface area contributed by atoms with Gasteiger partial charge in [-0.1, -0.05) is 60.7 Å². The largest absolute Gasteiger partial charge is 0.456 e. The first kappa shape index (κ1) is 22.8. The van der Waals surface area contributed by atoms with Gasteiger partial charge in [-0.05, 0) is 22.3 Å². The second-order valence-electron chi connectivity index (χ2n) is 9.42. The van der Waals surface area contributed by atoms with Gasteiger partial charge >= 0.3 is 5.97 Å². The Labute approximate surface area is 210 Å². The van der Waals surface area contributed by atoms with Gasteiger partial charge in [0.1, 0.15) is 6.54 Å². The maximum Gasteiger partial charge on any atom is 0.326 e. The summed E-state index contributed by atoms with van der Waals surface area (Å²) in [7, 11) is 0. The number of hydrogen-bond acceptors (Lipinski definition) is 7. The van der Waals surface area contributed by atoms with E-state index in [1.54, 1.807) is 0 Å². The fraction of sp³-hybridized carbons (Fsp3) is 0.214. The number of likely N-dealkylation sites (tertiary alicyclic amines) is 1. The highest BCUT2D eigenvalue weighted by molar-refractivity contribution is 6.09. The lowest BCUT2D eigenvalue weighted by atomic mass is 9.55. The Morgan fingerprint density at radius 2 is 1.32 bits per heavy atom. The second kappa shape index (κ2) is 8.48. The SMILES string of the molecule is O=C(CN1C(=O)[C@@H]2C3c4ccccc4C(c4ccccc43)[C@H]2C1=O)OCC(=O)c1cccc([N+](=O)[O-])c1. The number of nitro groups is 1. The molecule has 2 amide bonds. The van der Waals surface area contributed by atoms with Gasteiger partial charge in [-0.2, -0.15) is 0 Å². The average Bonchev–Trinajstić information content (AvgIpc) is 3.17. The van der Waals surface area contributed by atoms with E-state index in [0.29, 0.717) is 0 Å². The number of non-ortho nitro benzene ring substituents is 1. The van der Waals surface area contributed by atoms with Crippen LogP contribution in [0, 0.1) is 22.0 Å². The van der Waals surface area contributed by atoms with Crippen LogP contribution in [-0.4, -0.2) is 46.5 Å². The Hall–Kier alpha value is -4.66. The van der Waals surface area contributed by atoms with Gasteiger partial charge in [0.25, 0.3) is 5.69 Å². The fourth-order valence-electron chi connectivity index (χ4n) is 6.09. The van der Waals surface area contributed by atoms with E-state index in [1.807, 2.05) is 48.5 Å². The number of esters is 1. The van der Waals surface area contributed by atoms with Crippen molar-refractivity contribution in [1.29, 1.82) is 0 Å². The molecule has 184 valence electrons. The molecule has 4 aliphatic rings. The van der Waals surface area contributed by atoms with Crippen molar-refractivity contribution in [1.82, 2.24) is 4.90 Å². The van der Waals surface area contributed by atoms with Crippen LogP contribution in [0.3, 0.4) is 0 Å². The van der Waals surface area contributed by atoms with E-state index in [4.69, 9.17) is 4.74 Å². The van der Waals surface area contributed by atoms with Crippen molar-refractivity contribution in [2.24, 2.45) is 11.8 Å². The van der Waals surface area contributed by atoms with Crippen LogP contribution in [0.25, 0.3) is 0 Å². The molecule has 0 aromatic heterocycles. The van der Waals surface area contributed by atoms with E-state index in [0.717, 1.165) is 33.2 Å². The third-order valence-electron chi connectivity index (χ3n) is 7.57. The summed E-state index contributed by atoms with van der Waals surface area (Å²) in [5.74, 6) is -4.16. The number of benzene rings is 3. The fourth-order valence-corrected chi connectivity index (χ4v) is 6.09. The molecule has 0 spiro atoms. The maximum absolute atomic E-state index is 13.5. The van der Waals surface area contributed by atoms with Crippen LogP contribution in [0.15, 0.2) is 72.8 Å². The maximum atomic E-state index is 13.5. The molecule has 2 bridgehead atoms. The third kappa shape index (κ3) is 3.46. The van der Waals surface area contributed by atoms with Crippen LogP contribution in [0.1, 0.15) is 44.4 Å². The summed E-state index contributed by atoms with van der Waals surface area (Å²) in [6, 6.07) is 20.8. The minimum Gasteiger partial charge on any atom is -0.456 e. The average molecular weight is 496 g/mol. The van der Waals surface area contributed by atoms with Gasteiger partial charge in [-0.15, -0.1) is 0 Å². The van der Waals surface area contributed by atoms with E-state index in [-0.39, 0.29) is 23.1 Å². The van der Waals surface area contributed by atoms with Gasteiger partial charge in [0.05, 0.1) is 16.8 Å². The number of hydrogen-bond donors (Lipinski definition) is 0. The van der Waals surface area contributed by atoms with Gasteiger partial charge in [0.2, 0.25) is 17.6 Å². The number of nitrogens with zero attached hydrogens (tertiary/aromatic N) is 2. The van der Waals surface area contributed by atoms with Crippen LogP contribution in [-0.2, 0) is 19.1 Å². The highest BCUT2D eigenvalue weighted by Gasteiger charge is 2.61. The van der Waals surface area contributed by atoms with Gasteiger partial charge in [-0.25, -0.2) is 0 Å². The molecule has 3 aromatic carbocycles. The topological polar surface area (TPSA) is 124 Å². The number of ketones is 1. The molecule has 7 rings (SSSR count). The lowest BCUT2D eigenvalue weighted by Crippen LogP contribution is -2.41. The van der Waals surface area contributed by atoms with Crippen LogP contribution >= 0.6 is 0 Å². The van der Waals surface area contributed by atoms with Crippen molar-refractivity contribution < 1.29 is 28.8 Å². The summed E-state index contributed by atoms with van der Waals surface area (Å²) in [6.07, 6.45) is 0. The molecule has 3 aliphatic carbocycles. The van der Waals surface area contributed by atoms with E-state index in [9.17, 15) is 29.3 Å². The van der Waals surface area contributed by atoms with Crippen LogP contribution in [0.4, 0.5) is 5.69 Å². The number of imide groups is 1. The van der Waals surface area contributed by atoms with E-state index < -0.39 is 53.5 Å². The first-order valence-corrected chi connectivity index (χ1v) is 11.8. The smallest absolute Gasteiger partial charge is 0.326 e. The molecule has 1 saturated heterocycles. The molecule has 0 N–H and O–H groups in total. The summed E-state index contributed by atoms with van der Waals surface area (Å²) < 4.78 is 5.06. The molecule has 1 aliphatic heterocycles. The zero-order valence-corrected chi connectivity index (χ0v) is 19.4. The van der Waals surface area contributed by atoms with E-state index >= 15 is 0 Å². The zero-order valence-electron chi connectivity index (χ0n) is 19.4. The molecule has 1 heterocycles. The van der Waals surface area contributed by atoms with Crippen molar-refractivity contribution in [3.05, 3.63) is 111 Å². The summed E-state index contributed by atoms with van der Waals surface area (Å²) >= 11 is 0. The number of amides is 2. The molecule has 37 heavy (non-hydrogen) atoms. The number of carbonyl (C=O) groups is 4. The minimum atomic E-state index is -0.901. The molecular formula is C28H20N2O7. The Balaban J connectivity index is 1.21. The van der Waals surface area contributed by atoms with Crippen LogP contribution in [0.5, 0.6) is 0 Å². The minimum absolute atomic E-state index is 0.0217. The summed E-state index contributed by atoms with van der Waals surface area (Å²) in [5.41, 5.74) is 3.88. The van der Waals surface area contributed by atoms with Crippen LogP contribution in [0.2, 0.25) is 0 Å². The van der Waals surface area contributed by atoms with E-state index in [2.05, 4.69) is 0 Å². The van der Waals surface area contributed by atoms with Gasteiger partial charge in [0.15, 0.2) is 6.61 Å². The molecule has 9 nitrogen and oxygen atoms in total. The lowest BCUT2D eigenvalue weighted by molar-refractivity contribution is -0.384. The quantitative estimate of drug-likeness (QED) is 0.169. The normalized spacial score (nSPS) is 22.8. The number of nitro benzene ring substituents is 1. The van der Waals surface area contributed by atoms with Crippen molar-refractivity contribution in [2.45, 2.75) is 11.8 Å². The summed E-state index contributed by atoms with van der Waals surface area (Å²) in [4.78, 5) is 63.3. The highest BCUT2D eigenvalue weighted by atomic mass is 16.6. The Kier molecular flexibility index (Phi) is 5.22. The molecule has 0 saturated carbocycles.